The smallest absolute Gasteiger partial charge is 0.289 e. The molecule has 2 aliphatic carbocycles. The molecule has 5 amide bonds. The van der Waals surface area contributed by atoms with Gasteiger partial charge in [-0.25, -0.2) is 4.98 Å². The average molecular weight is 710 g/mol. The van der Waals surface area contributed by atoms with Crippen molar-refractivity contribution >= 4 is 35.3 Å². The van der Waals surface area contributed by atoms with Crippen molar-refractivity contribution in [2.45, 2.75) is 137 Å². The summed E-state index contributed by atoms with van der Waals surface area (Å²) in [6.45, 7) is 14.1. The molecule has 1 aromatic heterocycles. The van der Waals surface area contributed by atoms with Crippen LogP contribution in [-0.4, -0.2) is 87.4 Å². The molecule has 1 unspecified atom stereocenters. The highest BCUT2D eigenvalue weighted by Gasteiger charge is 2.49. The number of aromatic nitrogens is 2. The minimum absolute atomic E-state index is 0.0404. The average Bonchev–Trinajstić information content (AvgIpc) is 3.80. The van der Waals surface area contributed by atoms with Crippen molar-refractivity contribution in [2.24, 2.45) is 28.6 Å². The van der Waals surface area contributed by atoms with Gasteiger partial charge in [0.15, 0.2) is 0 Å². The Labute approximate surface area is 302 Å². The zero-order valence-electron chi connectivity index (χ0n) is 31.5. The third kappa shape index (κ3) is 10.1. The number of carbonyl (C=O) groups is 6. The van der Waals surface area contributed by atoms with Crippen LogP contribution in [0.3, 0.4) is 0 Å². The van der Waals surface area contributed by atoms with Crippen molar-refractivity contribution in [3.63, 3.8) is 0 Å². The van der Waals surface area contributed by atoms with Gasteiger partial charge >= 0.3 is 0 Å². The summed E-state index contributed by atoms with van der Waals surface area (Å²) < 4.78 is 0. The third-order valence-corrected chi connectivity index (χ3v) is 10.9. The molecule has 3 aliphatic rings. The Hall–Kier alpha value is -3.90. The minimum atomic E-state index is -1.03. The first-order chi connectivity index (χ1) is 24.1. The number of ketones is 1. The Morgan fingerprint density at radius 3 is 2.22 bits per heavy atom. The number of nitrogens with zero attached hydrogens (tertiary/aromatic N) is 3. The van der Waals surface area contributed by atoms with Crippen molar-refractivity contribution < 1.29 is 28.8 Å². The number of Topliss-reactive ketones (excluding diaryl/α,β-unsaturated/α-hetero) is 1. The standard InChI is InChI=1S/C38H59N7O6/c1-8-17-41-34(49)29(46)26(21-24-12-13-24)42-33(48)28-25(23(2)3)14-20-45(28)36(51)31(37(4,5)6)44-35(50)30(38(7)15-10-9-11-16-38)43-32(47)27-22-39-18-19-40-27/h18-19,22-26,28,30-31H,8-17,20-21H2,1-7H3,(H,41,49)(H,42,48)(H,43,47)(H,44,50)/t25-,26?,28+,30-,31-/m1/s1. The van der Waals surface area contributed by atoms with Crippen LogP contribution in [0.1, 0.15) is 123 Å². The van der Waals surface area contributed by atoms with E-state index in [1.807, 2.05) is 48.5 Å². The molecule has 2 saturated carbocycles. The number of carbonyl (C=O) groups excluding carboxylic acids is 6. The molecular weight excluding hydrogens is 650 g/mol. The first-order valence-electron chi connectivity index (χ1n) is 18.9. The van der Waals surface area contributed by atoms with E-state index in [9.17, 15) is 28.8 Å². The van der Waals surface area contributed by atoms with Gasteiger partial charge in [-0.1, -0.05) is 80.6 Å². The van der Waals surface area contributed by atoms with Crippen molar-refractivity contribution in [1.82, 2.24) is 36.1 Å². The summed E-state index contributed by atoms with van der Waals surface area (Å²) in [5.74, 6) is -3.16. The zero-order chi connectivity index (χ0) is 37.5. The number of hydrogen-bond donors (Lipinski definition) is 4. The van der Waals surface area contributed by atoms with Crippen molar-refractivity contribution in [1.29, 1.82) is 0 Å². The van der Waals surface area contributed by atoms with E-state index in [0.29, 0.717) is 32.4 Å². The second-order valence-electron chi connectivity index (χ2n) is 16.6. The topological polar surface area (TPSA) is 180 Å². The molecule has 5 atom stereocenters. The summed E-state index contributed by atoms with van der Waals surface area (Å²) in [6.07, 6.45) is 12.0. The number of nitrogens with one attached hydrogen (secondary N) is 4. The highest BCUT2D eigenvalue weighted by molar-refractivity contribution is 6.38. The Morgan fingerprint density at radius 1 is 0.961 bits per heavy atom. The molecule has 0 spiro atoms. The van der Waals surface area contributed by atoms with Crippen LogP contribution in [0.15, 0.2) is 18.6 Å². The van der Waals surface area contributed by atoms with Gasteiger partial charge in [0.2, 0.25) is 23.5 Å². The number of likely N-dealkylation sites (tertiary alicyclic amines) is 1. The third-order valence-electron chi connectivity index (χ3n) is 10.9. The molecule has 282 valence electrons. The van der Waals surface area contributed by atoms with Gasteiger partial charge in [0, 0.05) is 25.5 Å². The van der Waals surface area contributed by atoms with E-state index >= 15 is 0 Å². The van der Waals surface area contributed by atoms with Gasteiger partial charge in [0.05, 0.1) is 12.2 Å². The Balaban J connectivity index is 1.60. The van der Waals surface area contributed by atoms with E-state index in [2.05, 4.69) is 31.2 Å². The fourth-order valence-corrected chi connectivity index (χ4v) is 7.62. The van der Waals surface area contributed by atoms with E-state index in [1.165, 1.54) is 18.6 Å². The predicted molar refractivity (Wildman–Crippen MR) is 192 cm³/mol. The van der Waals surface area contributed by atoms with E-state index < -0.39 is 70.3 Å². The highest BCUT2D eigenvalue weighted by atomic mass is 16.2. The lowest BCUT2D eigenvalue weighted by Gasteiger charge is -2.42. The SMILES string of the molecule is CCCNC(=O)C(=O)C(CC1CC1)NC(=O)[C@@H]1[C@@H](C(C)C)CCN1C(=O)[C@@H](NC(=O)[C@@H](NC(=O)c1cnccn1)C1(C)CCCCC1)C(C)(C)C. The van der Waals surface area contributed by atoms with Crippen molar-refractivity contribution in [3.8, 4) is 0 Å². The van der Waals surface area contributed by atoms with E-state index in [4.69, 9.17) is 0 Å². The number of rotatable bonds is 15. The Bertz CT molecular complexity index is 1420. The summed E-state index contributed by atoms with van der Waals surface area (Å²) in [4.78, 5) is 92.1. The molecule has 0 bridgehead atoms. The van der Waals surface area contributed by atoms with Crippen LogP contribution in [0.25, 0.3) is 0 Å². The number of hydrogen-bond acceptors (Lipinski definition) is 8. The molecular formula is C38H59N7O6. The molecule has 3 fully saturated rings. The van der Waals surface area contributed by atoms with E-state index in [0.717, 1.165) is 44.9 Å². The van der Waals surface area contributed by atoms with Gasteiger partial charge in [-0.2, -0.15) is 0 Å². The second kappa shape index (κ2) is 17.1. The number of amides is 5. The monoisotopic (exact) mass is 709 g/mol. The lowest BCUT2D eigenvalue weighted by molar-refractivity contribution is -0.146. The van der Waals surface area contributed by atoms with Gasteiger partial charge in [0.25, 0.3) is 11.8 Å². The normalized spacial score (nSPS) is 22.0. The molecule has 13 nitrogen and oxygen atoms in total. The van der Waals surface area contributed by atoms with Crippen molar-refractivity contribution in [3.05, 3.63) is 24.3 Å². The lowest BCUT2D eigenvalue weighted by atomic mass is 9.70. The summed E-state index contributed by atoms with van der Waals surface area (Å²) in [7, 11) is 0. The zero-order valence-corrected chi connectivity index (χ0v) is 31.5. The summed E-state index contributed by atoms with van der Waals surface area (Å²) in [5.41, 5.74) is -1.24. The fourth-order valence-electron chi connectivity index (χ4n) is 7.62. The van der Waals surface area contributed by atoms with Gasteiger partial charge < -0.3 is 26.2 Å². The van der Waals surface area contributed by atoms with Crippen LogP contribution in [0.2, 0.25) is 0 Å². The maximum atomic E-state index is 14.7. The maximum Gasteiger partial charge on any atom is 0.289 e. The van der Waals surface area contributed by atoms with Gasteiger partial charge in [-0.3, -0.25) is 33.8 Å². The van der Waals surface area contributed by atoms with E-state index in [1.54, 1.807) is 4.90 Å². The van der Waals surface area contributed by atoms with Crippen LogP contribution in [0.5, 0.6) is 0 Å². The predicted octanol–water partition coefficient (Wildman–Crippen LogP) is 3.33. The summed E-state index contributed by atoms with van der Waals surface area (Å²) in [6, 6.07) is -3.85. The molecule has 0 aromatic carbocycles. The molecule has 1 saturated heterocycles. The van der Waals surface area contributed by atoms with Gasteiger partial charge in [0.1, 0.15) is 23.8 Å². The van der Waals surface area contributed by atoms with Crippen LogP contribution in [-0.2, 0) is 24.0 Å². The molecule has 1 aromatic rings. The lowest BCUT2D eigenvalue weighted by Crippen LogP contribution is -2.63. The highest BCUT2D eigenvalue weighted by Crippen LogP contribution is 2.40. The maximum absolute atomic E-state index is 14.7. The quantitative estimate of drug-likeness (QED) is 0.200. The molecule has 2 heterocycles. The van der Waals surface area contributed by atoms with Crippen LogP contribution in [0.4, 0.5) is 0 Å². The second-order valence-corrected chi connectivity index (χ2v) is 16.6. The molecule has 4 N–H and O–H groups in total. The van der Waals surface area contributed by atoms with Gasteiger partial charge in [-0.05, 0) is 60.7 Å². The molecule has 4 rings (SSSR count). The first kappa shape index (κ1) is 39.9. The van der Waals surface area contributed by atoms with Crippen LogP contribution >= 0.6 is 0 Å². The molecule has 51 heavy (non-hydrogen) atoms. The fraction of sp³-hybridized carbons (Fsp3) is 0.737. The molecule has 0 radical (unpaired) electrons. The first-order valence-corrected chi connectivity index (χ1v) is 18.9. The minimum Gasteiger partial charge on any atom is -0.349 e. The molecule has 13 heteroatoms. The van der Waals surface area contributed by atoms with Crippen LogP contribution in [0, 0.1) is 28.6 Å². The summed E-state index contributed by atoms with van der Waals surface area (Å²) in [5, 5.41) is 11.5. The van der Waals surface area contributed by atoms with Gasteiger partial charge in [-0.15, -0.1) is 0 Å². The summed E-state index contributed by atoms with van der Waals surface area (Å²) >= 11 is 0. The van der Waals surface area contributed by atoms with E-state index in [-0.39, 0.29) is 23.4 Å². The van der Waals surface area contributed by atoms with Crippen LogP contribution < -0.4 is 21.3 Å². The largest absolute Gasteiger partial charge is 0.349 e. The Morgan fingerprint density at radius 2 is 1.65 bits per heavy atom. The Kier molecular flexibility index (Phi) is 13.4. The molecule has 1 aliphatic heterocycles. The van der Waals surface area contributed by atoms with Crippen molar-refractivity contribution in [2.75, 3.05) is 13.1 Å².